The van der Waals surface area contributed by atoms with Gasteiger partial charge in [0.2, 0.25) is 5.91 Å². The van der Waals surface area contributed by atoms with Crippen LogP contribution in [0.25, 0.3) is 0 Å². The third kappa shape index (κ3) is 6.86. The summed E-state index contributed by atoms with van der Waals surface area (Å²) in [5, 5.41) is 2.81. The minimum Gasteiger partial charge on any atom is -0.469 e. The zero-order chi connectivity index (χ0) is 32.0. The van der Waals surface area contributed by atoms with Crippen LogP contribution in [-0.4, -0.2) is 78.0 Å². The Kier molecular flexibility index (Phi) is 9.83. The first-order chi connectivity index (χ1) is 21.8. The number of imide groups is 1. The van der Waals surface area contributed by atoms with E-state index >= 15 is 0 Å². The molecule has 1 N–H and O–H groups in total. The van der Waals surface area contributed by atoms with E-state index in [9.17, 15) is 19.2 Å². The number of nitrogens with zero attached hydrogens (tertiary/aromatic N) is 3. The first-order valence-corrected chi connectivity index (χ1v) is 15.4. The van der Waals surface area contributed by atoms with Crippen LogP contribution >= 0.6 is 0 Å². The molecule has 10 nitrogen and oxygen atoms in total. The number of carbonyl (C=O) groups is 4. The molecule has 0 radical (unpaired) electrons. The second-order valence-corrected chi connectivity index (χ2v) is 11.5. The van der Waals surface area contributed by atoms with Crippen LogP contribution in [0, 0.1) is 5.41 Å². The summed E-state index contributed by atoms with van der Waals surface area (Å²) in [5.74, 6) is -0.273. The maximum absolute atomic E-state index is 13.3. The molecule has 3 aromatic carbocycles. The third-order valence-corrected chi connectivity index (χ3v) is 8.82. The number of esters is 1. The monoisotopic (exact) mass is 612 g/mol. The lowest BCUT2D eigenvalue weighted by molar-refractivity contribution is -0.190. The van der Waals surface area contributed by atoms with E-state index in [1.807, 2.05) is 56.1 Å². The summed E-state index contributed by atoms with van der Waals surface area (Å²) >= 11 is 0. The number of amides is 4. The zero-order valence-corrected chi connectivity index (χ0v) is 26.0. The van der Waals surface area contributed by atoms with Crippen molar-refractivity contribution in [2.24, 2.45) is 5.41 Å². The standard InChI is InChI=1S/C35H40N4O6/c1-4-35(5-2)32(42)39(33(35)45-29-17-15-27(16-18-29)30(40)38-21-19-37(3)20-22-38)34(43)36-23-25-11-13-28(14-12-25)31(41)44-24-26-9-7-6-8-10-26/h6-18,33H,4-5,19-24H2,1-3H3,(H,36,43). The number of hydrogen-bond donors (Lipinski definition) is 1. The third-order valence-electron chi connectivity index (χ3n) is 8.82. The van der Waals surface area contributed by atoms with Crippen molar-refractivity contribution in [1.82, 2.24) is 20.0 Å². The zero-order valence-electron chi connectivity index (χ0n) is 26.0. The summed E-state index contributed by atoms with van der Waals surface area (Å²) in [6.45, 7) is 7.21. The summed E-state index contributed by atoms with van der Waals surface area (Å²) in [5.41, 5.74) is 1.80. The predicted molar refractivity (Wildman–Crippen MR) is 168 cm³/mol. The van der Waals surface area contributed by atoms with Gasteiger partial charge in [-0.1, -0.05) is 56.3 Å². The minimum absolute atomic E-state index is 0.0250. The lowest BCUT2D eigenvalue weighted by Crippen LogP contribution is -2.73. The highest BCUT2D eigenvalue weighted by molar-refractivity contribution is 6.03. The van der Waals surface area contributed by atoms with Crippen LogP contribution in [0.5, 0.6) is 5.75 Å². The van der Waals surface area contributed by atoms with Crippen LogP contribution in [-0.2, 0) is 22.7 Å². The Balaban J connectivity index is 1.18. The van der Waals surface area contributed by atoms with E-state index in [1.54, 1.807) is 48.5 Å². The number of likely N-dealkylation sites (tertiary alicyclic amines) is 1. The topological polar surface area (TPSA) is 108 Å². The lowest BCUT2D eigenvalue weighted by atomic mass is 9.72. The average Bonchev–Trinajstić information content (AvgIpc) is 3.08. The Morgan fingerprint density at radius 2 is 1.44 bits per heavy atom. The molecule has 1 atom stereocenters. The molecule has 3 aromatic rings. The van der Waals surface area contributed by atoms with Gasteiger partial charge in [-0.2, -0.15) is 0 Å². The Morgan fingerprint density at radius 1 is 0.822 bits per heavy atom. The Morgan fingerprint density at radius 3 is 2.07 bits per heavy atom. The van der Waals surface area contributed by atoms with Crippen molar-refractivity contribution in [3.05, 3.63) is 101 Å². The van der Waals surface area contributed by atoms with Crippen LogP contribution in [0.1, 0.15) is 58.5 Å². The smallest absolute Gasteiger partial charge is 0.338 e. The molecule has 2 heterocycles. The number of ether oxygens (including phenoxy) is 2. The summed E-state index contributed by atoms with van der Waals surface area (Å²) in [7, 11) is 2.04. The van der Waals surface area contributed by atoms with Crippen molar-refractivity contribution >= 4 is 23.8 Å². The van der Waals surface area contributed by atoms with Crippen LogP contribution in [0.2, 0.25) is 0 Å². The Labute approximate surface area is 263 Å². The summed E-state index contributed by atoms with van der Waals surface area (Å²) < 4.78 is 11.6. The van der Waals surface area contributed by atoms with Gasteiger partial charge in [-0.3, -0.25) is 9.59 Å². The molecule has 45 heavy (non-hydrogen) atoms. The van der Waals surface area contributed by atoms with Gasteiger partial charge in [0.1, 0.15) is 17.8 Å². The van der Waals surface area contributed by atoms with Gasteiger partial charge in [0, 0.05) is 38.3 Å². The highest BCUT2D eigenvalue weighted by atomic mass is 16.5. The van der Waals surface area contributed by atoms with Crippen molar-refractivity contribution < 1.29 is 28.7 Å². The number of carbonyl (C=O) groups excluding carboxylic acids is 4. The fourth-order valence-corrected chi connectivity index (χ4v) is 5.72. The second kappa shape index (κ2) is 13.9. The molecule has 2 aliphatic rings. The van der Waals surface area contributed by atoms with E-state index < -0.39 is 23.6 Å². The number of benzene rings is 3. The van der Waals surface area contributed by atoms with E-state index in [1.165, 1.54) is 0 Å². The van der Waals surface area contributed by atoms with Crippen molar-refractivity contribution in [1.29, 1.82) is 0 Å². The van der Waals surface area contributed by atoms with Crippen LogP contribution in [0.3, 0.4) is 0 Å². The number of nitrogens with one attached hydrogen (secondary N) is 1. The molecule has 236 valence electrons. The number of β-lactam (4-membered cyclic amide) rings is 1. The Bertz CT molecular complexity index is 1500. The molecular formula is C35H40N4O6. The highest BCUT2D eigenvalue weighted by Crippen LogP contribution is 2.46. The maximum Gasteiger partial charge on any atom is 0.338 e. The fourth-order valence-electron chi connectivity index (χ4n) is 5.72. The highest BCUT2D eigenvalue weighted by Gasteiger charge is 2.62. The van der Waals surface area contributed by atoms with Crippen LogP contribution in [0.4, 0.5) is 4.79 Å². The molecule has 10 heteroatoms. The summed E-state index contributed by atoms with van der Waals surface area (Å²) in [4.78, 5) is 57.1. The Hall–Kier alpha value is -4.70. The molecule has 0 saturated carbocycles. The van der Waals surface area contributed by atoms with Gasteiger partial charge in [0.15, 0.2) is 6.23 Å². The van der Waals surface area contributed by atoms with Crippen LogP contribution in [0.15, 0.2) is 78.9 Å². The van der Waals surface area contributed by atoms with Gasteiger partial charge >= 0.3 is 12.0 Å². The molecular weight excluding hydrogens is 572 g/mol. The van der Waals surface area contributed by atoms with Gasteiger partial charge in [0.25, 0.3) is 5.91 Å². The van der Waals surface area contributed by atoms with Crippen molar-refractivity contribution in [3.63, 3.8) is 0 Å². The predicted octanol–water partition coefficient (Wildman–Crippen LogP) is 4.69. The molecule has 5 rings (SSSR count). The van der Waals surface area contributed by atoms with E-state index in [-0.39, 0.29) is 25.0 Å². The number of likely N-dealkylation sites (N-methyl/N-ethyl adjacent to an activating group) is 1. The first-order valence-electron chi connectivity index (χ1n) is 15.4. The van der Waals surface area contributed by atoms with Gasteiger partial charge in [-0.05, 0) is 67.4 Å². The van der Waals surface area contributed by atoms with Crippen LogP contribution < -0.4 is 10.1 Å². The van der Waals surface area contributed by atoms with Gasteiger partial charge in [0.05, 0.1) is 5.56 Å². The molecule has 4 amide bonds. The molecule has 0 aromatic heterocycles. The quantitative estimate of drug-likeness (QED) is 0.261. The number of piperazine rings is 1. The van der Waals surface area contributed by atoms with Crippen molar-refractivity contribution in [2.75, 3.05) is 33.2 Å². The maximum atomic E-state index is 13.3. The SMILES string of the molecule is CCC1(CC)C(=O)N(C(=O)NCc2ccc(C(=O)OCc3ccccc3)cc2)C1Oc1ccc(C(=O)N2CCN(C)CC2)cc1. The summed E-state index contributed by atoms with van der Waals surface area (Å²) in [6.07, 6.45) is 0.234. The van der Waals surface area contributed by atoms with Gasteiger partial charge in [-0.15, -0.1) is 0 Å². The number of hydrogen-bond acceptors (Lipinski definition) is 7. The average molecular weight is 613 g/mol. The molecule has 1 unspecified atom stereocenters. The summed E-state index contributed by atoms with van der Waals surface area (Å²) in [6, 6.07) is 22.5. The first kappa shape index (κ1) is 31.7. The van der Waals surface area contributed by atoms with Crippen molar-refractivity contribution in [3.8, 4) is 5.75 Å². The van der Waals surface area contributed by atoms with Gasteiger partial charge < -0.3 is 24.6 Å². The minimum atomic E-state index is -0.826. The van der Waals surface area contributed by atoms with E-state index in [0.29, 0.717) is 42.8 Å². The number of urea groups is 1. The molecule has 0 bridgehead atoms. The lowest BCUT2D eigenvalue weighted by Gasteiger charge is -2.53. The largest absolute Gasteiger partial charge is 0.469 e. The normalized spacial score (nSPS) is 17.8. The fraction of sp³-hybridized carbons (Fsp3) is 0.371. The molecule has 2 fully saturated rings. The number of rotatable bonds is 10. The van der Waals surface area contributed by atoms with Crippen molar-refractivity contribution in [2.45, 2.75) is 46.1 Å². The second-order valence-electron chi connectivity index (χ2n) is 11.5. The molecule has 0 spiro atoms. The molecule has 0 aliphatic carbocycles. The van der Waals surface area contributed by atoms with E-state index in [0.717, 1.165) is 29.1 Å². The van der Waals surface area contributed by atoms with E-state index in [4.69, 9.17) is 9.47 Å². The van der Waals surface area contributed by atoms with E-state index in [2.05, 4.69) is 10.2 Å². The molecule has 2 aliphatic heterocycles. The van der Waals surface area contributed by atoms with Gasteiger partial charge in [-0.25, -0.2) is 14.5 Å². The molecule has 2 saturated heterocycles.